The minimum Gasteiger partial charge on any atom is -0.461 e. The van der Waals surface area contributed by atoms with Crippen molar-refractivity contribution in [2.75, 3.05) is 0 Å². The van der Waals surface area contributed by atoms with E-state index in [4.69, 9.17) is 4.74 Å². The fourth-order valence-corrected chi connectivity index (χ4v) is 2.71. The van der Waals surface area contributed by atoms with Crippen LogP contribution < -0.4 is 5.32 Å². The molecule has 2 rings (SSSR count). The van der Waals surface area contributed by atoms with Crippen LogP contribution in [0.2, 0.25) is 0 Å². The molecule has 7 heteroatoms. The molecule has 0 saturated heterocycles. The Labute approximate surface area is 138 Å². The predicted octanol–water partition coefficient (Wildman–Crippen LogP) is 3.15. The summed E-state index contributed by atoms with van der Waals surface area (Å²) in [6.07, 6.45) is -1.05. The Bertz CT molecular complexity index is 554. The molecule has 0 heterocycles. The van der Waals surface area contributed by atoms with Crippen molar-refractivity contribution in [1.29, 1.82) is 0 Å². The van der Waals surface area contributed by atoms with Crippen LogP contribution in [0.4, 0.5) is 13.2 Å². The third kappa shape index (κ3) is 5.54. The second-order valence-electron chi connectivity index (χ2n) is 5.91. The molecule has 1 N–H and O–H groups in total. The maximum absolute atomic E-state index is 12.5. The molecule has 0 spiro atoms. The first-order chi connectivity index (χ1) is 11.4. The van der Waals surface area contributed by atoms with Crippen molar-refractivity contribution in [2.45, 2.75) is 56.8 Å². The van der Waals surface area contributed by atoms with Crippen LogP contribution >= 0.6 is 0 Å². The van der Waals surface area contributed by atoms with Gasteiger partial charge < -0.3 is 10.1 Å². The van der Waals surface area contributed by atoms with Crippen LogP contribution in [0.3, 0.4) is 0 Å². The van der Waals surface area contributed by atoms with Crippen LogP contribution in [-0.4, -0.2) is 30.2 Å². The van der Waals surface area contributed by atoms with Crippen molar-refractivity contribution < 1.29 is 27.5 Å². The zero-order valence-electron chi connectivity index (χ0n) is 13.1. The Morgan fingerprint density at radius 2 is 1.75 bits per heavy atom. The Morgan fingerprint density at radius 3 is 2.33 bits per heavy atom. The summed E-state index contributed by atoms with van der Waals surface area (Å²) in [7, 11) is 0. The lowest BCUT2D eigenvalue weighted by atomic mass is 9.97. The van der Waals surface area contributed by atoms with Gasteiger partial charge in [0.2, 0.25) is 0 Å². The van der Waals surface area contributed by atoms with E-state index in [-0.39, 0.29) is 12.5 Å². The summed E-state index contributed by atoms with van der Waals surface area (Å²) in [6.45, 7) is 0. The molecule has 1 saturated carbocycles. The van der Waals surface area contributed by atoms with E-state index in [9.17, 15) is 22.8 Å². The molecule has 1 aliphatic carbocycles. The van der Waals surface area contributed by atoms with Crippen molar-refractivity contribution in [2.24, 2.45) is 0 Å². The Hall–Kier alpha value is -2.05. The second kappa shape index (κ2) is 8.17. The number of amides is 1. The third-order valence-corrected chi connectivity index (χ3v) is 3.96. The first-order valence-electron chi connectivity index (χ1n) is 7.98. The smallest absolute Gasteiger partial charge is 0.461 e. The van der Waals surface area contributed by atoms with Crippen molar-refractivity contribution in [3.8, 4) is 0 Å². The number of hydrogen-bond acceptors (Lipinski definition) is 3. The van der Waals surface area contributed by atoms with E-state index in [1.807, 2.05) is 0 Å². The fourth-order valence-electron chi connectivity index (χ4n) is 2.71. The van der Waals surface area contributed by atoms with Gasteiger partial charge in [-0.25, -0.2) is 4.79 Å². The summed E-state index contributed by atoms with van der Waals surface area (Å²) in [5, 5.41) is 1.76. The third-order valence-electron chi connectivity index (χ3n) is 3.96. The van der Waals surface area contributed by atoms with Gasteiger partial charge in [0.15, 0.2) is 0 Å². The van der Waals surface area contributed by atoms with Crippen LogP contribution in [0.25, 0.3) is 0 Å². The molecule has 0 radical (unpaired) electrons. The molecular formula is C17H20F3NO3. The molecule has 1 unspecified atom stereocenters. The number of nitrogens with one attached hydrogen (secondary N) is 1. The zero-order chi connectivity index (χ0) is 17.6. The Morgan fingerprint density at radius 1 is 1.12 bits per heavy atom. The molecule has 0 aromatic heterocycles. The van der Waals surface area contributed by atoms with Gasteiger partial charge in [-0.1, -0.05) is 36.8 Å². The highest BCUT2D eigenvalue weighted by Crippen LogP contribution is 2.21. The lowest BCUT2D eigenvalue weighted by Gasteiger charge is -2.25. The average Bonchev–Trinajstić information content (AvgIpc) is 2.55. The van der Waals surface area contributed by atoms with Crippen LogP contribution in [0.1, 0.15) is 37.7 Å². The van der Waals surface area contributed by atoms with E-state index in [1.165, 1.54) is 0 Å². The van der Waals surface area contributed by atoms with Gasteiger partial charge in [-0.3, -0.25) is 4.79 Å². The topological polar surface area (TPSA) is 55.4 Å². The number of carbonyl (C=O) groups is 2. The summed E-state index contributed by atoms with van der Waals surface area (Å²) >= 11 is 0. The number of hydrogen-bond donors (Lipinski definition) is 1. The highest BCUT2D eigenvalue weighted by atomic mass is 19.4. The van der Waals surface area contributed by atoms with Crippen molar-refractivity contribution in [3.05, 3.63) is 35.9 Å². The number of carbonyl (C=O) groups excluding carboxylic acids is 2. The summed E-state index contributed by atoms with van der Waals surface area (Å²) in [5.74, 6) is -2.95. The lowest BCUT2D eigenvalue weighted by Crippen LogP contribution is -2.49. The summed E-state index contributed by atoms with van der Waals surface area (Å²) < 4.78 is 42.8. The predicted molar refractivity (Wildman–Crippen MR) is 81.1 cm³/mol. The minimum absolute atomic E-state index is 0.0474. The molecule has 1 aromatic carbocycles. The van der Waals surface area contributed by atoms with Gasteiger partial charge in [-0.05, 0) is 31.2 Å². The van der Waals surface area contributed by atoms with Crippen molar-refractivity contribution in [1.82, 2.24) is 5.32 Å². The van der Waals surface area contributed by atoms with E-state index in [1.54, 1.807) is 35.6 Å². The van der Waals surface area contributed by atoms with Gasteiger partial charge in [-0.15, -0.1) is 0 Å². The minimum atomic E-state index is -5.04. The summed E-state index contributed by atoms with van der Waals surface area (Å²) in [4.78, 5) is 23.5. The molecule has 1 fully saturated rings. The zero-order valence-corrected chi connectivity index (χ0v) is 13.1. The van der Waals surface area contributed by atoms with Crippen molar-refractivity contribution in [3.63, 3.8) is 0 Å². The molecule has 4 nitrogen and oxygen atoms in total. The molecule has 24 heavy (non-hydrogen) atoms. The van der Waals surface area contributed by atoms with Gasteiger partial charge in [0.1, 0.15) is 12.1 Å². The molecular weight excluding hydrogens is 323 g/mol. The average molecular weight is 343 g/mol. The molecule has 132 valence electrons. The van der Waals surface area contributed by atoms with Gasteiger partial charge in [0, 0.05) is 6.42 Å². The maximum Gasteiger partial charge on any atom is 0.471 e. The SMILES string of the molecule is O=C(OC1CCCCC1)C(Cc1ccccc1)NC(=O)C(F)(F)F. The molecule has 1 aromatic rings. The van der Waals surface area contributed by atoms with Gasteiger partial charge in [0.25, 0.3) is 0 Å². The summed E-state index contributed by atoms with van der Waals surface area (Å²) in [6, 6.07) is 7.19. The Kier molecular flexibility index (Phi) is 6.23. The van der Waals surface area contributed by atoms with Gasteiger partial charge in [-0.2, -0.15) is 13.2 Å². The highest BCUT2D eigenvalue weighted by molar-refractivity contribution is 5.87. The number of esters is 1. The van der Waals surface area contributed by atoms with Crippen molar-refractivity contribution >= 4 is 11.9 Å². The molecule has 1 amide bonds. The Balaban J connectivity index is 2.05. The van der Waals surface area contributed by atoms with E-state index < -0.39 is 24.1 Å². The number of alkyl halides is 3. The second-order valence-corrected chi connectivity index (χ2v) is 5.91. The summed E-state index contributed by atoms with van der Waals surface area (Å²) in [5.41, 5.74) is 0.644. The first-order valence-corrected chi connectivity index (χ1v) is 7.98. The quantitative estimate of drug-likeness (QED) is 0.836. The first kappa shape index (κ1) is 18.3. The number of benzene rings is 1. The van der Waals surface area contributed by atoms with Crippen LogP contribution in [0, 0.1) is 0 Å². The van der Waals surface area contributed by atoms with E-state index >= 15 is 0 Å². The fraction of sp³-hybridized carbons (Fsp3) is 0.529. The lowest BCUT2D eigenvalue weighted by molar-refractivity contribution is -0.176. The van der Waals surface area contributed by atoms with Gasteiger partial charge >= 0.3 is 18.1 Å². The number of ether oxygens (including phenoxy) is 1. The van der Waals surface area contributed by atoms with E-state index in [0.29, 0.717) is 18.4 Å². The van der Waals surface area contributed by atoms with Crippen LogP contribution in [-0.2, 0) is 20.7 Å². The van der Waals surface area contributed by atoms with E-state index in [0.717, 1.165) is 19.3 Å². The standard InChI is InChI=1S/C17H20F3NO3/c18-17(19,20)16(23)21-14(11-12-7-3-1-4-8-12)15(22)24-13-9-5-2-6-10-13/h1,3-4,7-8,13-14H,2,5-6,9-11H2,(H,21,23). The number of halogens is 3. The van der Waals surface area contributed by atoms with E-state index in [2.05, 4.69) is 0 Å². The largest absolute Gasteiger partial charge is 0.471 e. The highest BCUT2D eigenvalue weighted by Gasteiger charge is 2.41. The molecule has 0 aliphatic heterocycles. The van der Waals surface area contributed by atoms with Crippen LogP contribution in [0.15, 0.2) is 30.3 Å². The van der Waals surface area contributed by atoms with Crippen LogP contribution in [0.5, 0.6) is 0 Å². The maximum atomic E-state index is 12.5. The molecule has 1 aliphatic rings. The number of rotatable bonds is 5. The molecule has 0 bridgehead atoms. The monoisotopic (exact) mass is 343 g/mol. The normalized spacial score (nSPS) is 17.1. The molecule has 1 atom stereocenters. The van der Waals surface area contributed by atoms with Gasteiger partial charge in [0.05, 0.1) is 0 Å².